The summed E-state index contributed by atoms with van der Waals surface area (Å²) < 4.78 is 33.2. The number of sulfonamides is 1. The molecule has 1 aromatic heterocycles. The summed E-state index contributed by atoms with van der Waals surface area (Å²) in [5.41, 5.74) is 0.0992. The van der Waals surface area contributed by atoms with E-state index in [4.69, 9.17) is 16.3 Å². The Kier molecular flexibility index (Phi) is 6.52. The maximum atomic E-state index is 12.6. The molecule has 0 aliphatic carbocycles. The van der Waals surface area contributed by atoms with Crippen molar-refractivity contribution in [2.75, 3.05) is 13.1 Å². The predicted molar refractivity (Wildman–Crippen MR) is 99.8 cm³/mol. The van der Waals surface area contributed by atoms with Crippen molar-refractivity contribution in [3.63, 3.8) is 0 Å². The number of nitrogens with one attached hydrogen (secondary N) is 1. The molecule has 1 N–H and O–H groups in total. The Morgan fingerprint density at radius 3 is 2.77 bits per heavy atom. The van der Waals surface area contributed by atoms with Crippen LogP contribution in [0.15, 0.2) is 17.2 Å². The van der Waals surface area contributed by atoms with Crippen LogP contribution in [-0.4, -0.2) is 49.1 Å². The van der Waals surface area contributed by atoms with Gasteiger partial charge in [-0.3, -0.25) is 0 Å². The average molecular weight is 404 g/mol. The molecular weight excluding hydrogens is 378 g/mol. The lowest BCUT2D eigenvalue weighted by Crippen LogP contribution is -2.50. The number of aryl methyl sites for hydroxylation is 1. The van der Waals surface area contributed by atoms with Crippen LogP contribution in [0, 0.1) is 6.92 Å². The summed E-state index contributed by atoms with van der Waals surface area (Å²) in [5, 5.41) is -0.0734. The molecule has 2 rings (SSSR count). The van der Waals surface area contributed by atoms with Gasteiger partial charge in [0.1, 0.15) is 15.6 Å². The molecule has 0 radical (unpaired) electrons. The molecule has 9 heteroatoms. The topological polar surface area (TPSA) is 88.6 Å². The zero-order valence-electron chi connectivity index (χ0n) is 15.6. The van der Waals surface area contributed by atoms with E-state index < -0.39 is 21.7 Å². The van der Waals surface area contributed by atoms with Gasteiger partial charge in [-0.1, -0.05) is 11.6 Å². The fourth-order valence-electron chi connectivity index (χ4n) is 2.77. The number of ether oxygens (including phenoxy) is 1. The number of hydrogen-bond acceptors (Lipinski definition) is 5. The van der Waals surface area contributed by atoms with Crippen molar-refractivity contribution in [1.82, 2.24) is 14.6 Å². The second kappa shape index (κ2) is 8.10. The van der Waals surface area contributed by atoms with Crippen LogP contribution in [-0.2, 0) is 14.8 Å². The highest BCUT2D eigenvalue weighted by Crippen LogP contribution is 2.22. The first-order valence-electron chi connectivity index (χ1n) is 8.61. The third kappa shape index (κ3) is 5.56. The van der Waals surface area contributed by atoms with Gasteiger partial charge in [0.05, 0.1) is 0 Å². The number of halogens is 1. The fraction of sp³-hybridized carbons (Fsp3) is 0.647. The molecule has 1 saturated heterocycles. The molecule has 0 aromatic carbocycles. The summed E-state index contributed by atoms with van der Waals surface area (Å²) in [6.07, 6.45) is 3.60. The summed E-state index contributed by atoms with van der Waals surface area (Å²) in [6.45, 7) is 7.81. The highest BCUT2D eigenvalue weighted by molar-refractivity contribution is 7.89. The van der Waals surface area contributed by atoms with Crippen LogP contribution in [0.2, 0.25) is 5.15 Å². The van der Waals surface area contributed by atoms with E-state index in [9.17, 15) is 13.2 Å². The van der Waals surface area contributed by atoms with Crippen LogP contribution < -0.4 is 4.72 Å². The fourth-order valence-corrected chi connectivity index (χ4v) is 4.36. The SMILES string of the molecule is Cc1cnc(Cl)c(S(=O)(=O)NCC2CCCCN2C(=O)OC(C)(C)C)c1. The smallest absolute Gasteiger partial charge is 0.410 e. The Labute approximate surface area is 160 Å². The summed E-state index contributed by atoms with van der Waals surface area (Å²) in [4.78, 5) is 17.8. The van der Waals surface area contributed by atoms with Crippen molar-refractivity contribution in [2.24, 2.45) is 0 Å². The first kappa shape index (κ1) is 20.9. The van der Waals surface area contributed by atoms with Gasteiger partial charge in [0.15, 0.2) is 0 Å². The molecule has 1 aliphatic rings. The lowest BCUT2D eigenvalue weighted by molar-refractivity contribution is 0.0105. The molecule has 1 atom stereocenters. The summed E-state index contributed by atoms with van der Waals surface area (Å²) in [6, 6.07) is 1.22. The van der Waals surface area contributed by atoms with Crippen molar-refractivity contribution < 1.29 is 17.9 Å². The Morgan fingerprint density at radius 1 is 1.42 bits per heavy atom. The molecular formula is C17H26ClN3O4S. The summed E-state index contributed by atoms with van der Waals surface area (Å²) in [7, 11) is -3.82. The largest absolute Gasteiger partial charge is 0.444 e. The van der Waals surface area contributed by atoms with E-state index in [-0.39, 0.29) is 22.6 Å². The molecule has 1 unspecified atom stereocenters. The van der Waals surface area contributed by atoms with E-state index in [1.54, 1.807) is 32.6 Å². The number of likely N-dealkylation sites (tertiary alicyclic amines) is 1. The zero-order valence-corrected chi connectivity index (χ0v) is 17.2. The number of nitrogens with zero attached hydrogens (tertiary/aromatic N) is 2. The number of pyridine rings is 1. The van der Waals surface area contributed by atoms with Gasteiger partial charge in [-0.2, -0.15) is 0 Å². The van der Waals surface area contributed by atoms with Gasteiger partial charge in [0.2, 0.25) is 10.0 Å². The highest BCUT2D eigenvalue weighted by atomic mass is 35.5. The number of carbonyl (C=O) groups excluding carboxylic acids is 1. The van der Waals surface area contributed by atoms with Gasteiger partial charge in [0.25, 0.3) is 0 Å². The molecule has 2 heterocycles. The lowest BCUT2D eigenvalue weighted by atomic mass is 10.0. The molecule has 0 saturated carbocycles. The molecule has 146 valence electrons. The van der Waals surface area contributed by atoms with E-state index >= 15 is 0 Å². The molecule has 7 nitrogen and oxygen atoms in total. The Morgan fingerprint density at radius 2 is 2.12 bits per heavy atom. The van der Waals surface area contributed by atoms with Crippen LogP contribution in [0.25, 0.3) is 0 Å². The molecule has 1 aromatic rings. The van der Waals surface area contributed by atoms with Crippen molar-refractivity contribution >= 4 is 27.7 Å². The molecule has 0 spiro atoms. The average Bonchev–Trinajstić information content (AvgIpc) is 2.54. The Balaban J connectivity index is 2.10. The highest BCUT2D eigenvalue weighted by Gasteiger charge is 2.31. The minimum Gasteiger partial charge on any atom is -0.444 e. The van der Waals surface area contributed by atoms with Crippen LogP contribution in [0.4, 0.5) is 4.79 Å². The molecule has 1 fully saturated rings. The van der Waals surface area contributed by atoms with Crippen molar-refractivity contribution in [3.05, 3.63) is 23.0 Å². The van der Waals surface area contributed by atoms with Gasteiger partial charge in [-0.25, -0.2) is 22.9 Å². The zero-order chi connectivity index (χ0) is 19.5. The van der Waals surface area contributed by atoms with Gasteiger partial charge in [-0.05, 0) is 58.6 Å². The summed E-state index contributed by atoms with van der Waals surface area (Å²) >= 11 is 5.94. The van der Waals surface area contributed by atoms with Gasteiger partial charge >= 0.3 is 6.09 Å². The number of piperidine rings is 1. The Hall–Kier alpha value is -1.38. The van der Waals surface area contributed by atoms with E-state index in [0.717, 1.165) is 12.8 Å². The third-order valence-corrected chi connectivity index (χ3v) is 5.85. The number of amides is 1. The third-order valence-electron chi connectivity index (χ3n) is 4.00. The number of carbonyl (C=O) groups is 1. The first-order valence-corrected chi connectivity index (χ1v) is 10.5. The van der Waals surface area contributed by atoms with E-state index in [0.29, 0.717) is 18.5 Å². The van der Waals surface area contributed by atoms with Crippen molar-refractivity contribution in [2.45, 2.75) is 63.5 Å². The minimum absolute atomic E-state index is 0.0567. The van der Waals surface area contributed by atoms with Gasteiger partial charge < -0.3 is 9.64 Å². The standard InChI is InChI=1S/C17H26ClN3O4S/c1-12-9-14(15(18)19-10-12)26(23,24)20-11-13-7-5-6-8-21(13)16(22)25-17(2,3)4/h9-10,13,20H,5-8,11H2,1-4H3. The first-order chi connectivity index (χ1) is 12.0. The van der Waals surface area contributed by atoms with Gasteiger partial charge in [-0.15, -0.1) is 0 Å². The summed E-state index contributed by atoms with van der Waals surface area (Å²) in [5.74, 6) is 0. The van der Waals surface area contributed by atoms with Crippen molar-refractivity contribution in [1.29, 1.82) is 0 Å². The lowest BCUT2D eigenvalue weighted by Gasteiger charge is -2.36. The van der Waals surface area contributed by atoms with Gasteiger partial charge in [0, 0.05) is 25.3 Å². The van der Waals surface area contributed by atoms with Crippen LogP contribution in [0.1, 0.15) is 45.6 Å². The molecule has 1 aliphatic heterocycles. The minimum atomic E-state index is -3.82. The van der Waals surface area contributed by atoms with E-state index in [1.807, 2.05) is 0 Å². The molecule has 0 bridgehead atoms. The normalized spacial score (nSPS) is 18.7. The van der Waals surface area contributed by atoms with Crippen LogP contribution >= 0.6 is 11.6 Å². The molecule has 26 heavy (non-hydrogen) atoms. The number of hydrogen-bond donors (Lipinski definition) is 1. The predicted octanol–water partition coefficient (Wildman–Crippen LogP) is 3.11. The maximum Gasteiger partial charge on any atom is 0.410 e. The number of aromatic nitrogens is 1. The Bertz CT molecular complexity index is 762. The number of rotatable bonds is 4. The maximum absolute atomic E-state index is 12.6. The van der Waals surface area contributed by atoms with Crippen LogP contribution in [0.3, 0.4) is 0 Å². The van der Waals surface area contributed by atoms with Crippen LogP contribution in [0.5, 0.6) is 0 Å². The quantitative estimate of drug-likeness (QED) is 0.780. The monoisotopic (exact) mass is 403 g/mol. The second-order valence-electron chi connectivity index (χ2n) is 7.48. The second-order valence-corrected chi connectivity index (χ2v) is 9.57. The van der Waals surface area contributed by atoms with Crippen molar-refractivity contribution in [3.8, 4) is 0 Å². The van der Waals surface area contributed by atoms with E-state index in [1.165, 1.54) is 12.3 Å². The van der Waals surface area contributed by atoms with E-state index in [2.05, 4.69) is 9.71 Å². The molecule has 1 amide bonds.